The van der Waals surface area contributed by atoms with Gasteiger partial charge in [0, 0.05) is 6.20 Å². The first kappa shape index (κ1) is 11.8. The summed E-state index contributed by atoms with van der Waals surface area (Å²) in [5.74, 6) is -0.102. The number of pyridine rings is 1. The van der Waals surface area contributed by atoms with Crippen molar-refractivity contribution in [3.05, 3.63) is 70.4 Å². The summed E-state index contributed by atoms with van der Waals surface area (Å²) in [6.07, 6.45) is 1.44. The molecule has 5 heteroatoms. The van der Waals surface area contributed by atoms with Gasteiger partial charge in [0.2, 0.25) is 5.82 Å². The van der Waals surface area contributed by atoms with E-state index in [0.29, 0.717) is 11.1 Å². The highest BCUT2D eigenvalue weighted by Crippen LogP contribution is 2.32. The van der Waals surface area contributed by atoms with E-state index < -0.39 is 4.92 Å². The van der Waals surface area contributed by atoms with Gasteiger partial charge < -0.3 is 5.73 Å². The van der Waals surface area contributed by atoms with E-state index in [1.807, 2.05) is 30.3 Å². The van der Waals surface area contributed by atoms with Crippen molar-refractivity contribution < 1.29 is 4.92 Å². The van der Waals surface area contributed by atoms with E-state index in [0.717, 1.165) is 5.56 Å². The summed E-state index contributed by atoms with van der Waals surface area (Å²) in [6, 6.07) is 10.8. The maximum absolute atomic E-state index is 11.0. The maximum Gasteiger partial charge on any atom is 0.318 e. The number of nitro groups is 1. The molecular formula is C13H11N3O2. The van der Waals surface area contributed by atoms with Gasteiger partial charge in [-0.25, -0.2) is 4.98 Å². The second-order valence-electron chi connectivity index (χ2n) is 3.69. The molecule has 90 valence electrons. The minimum atomic E-state index is -0.536. The summed E-state index contributed by atoms with van der Waals surface area (Å²) in [4.78, 5) is 14.2. The maximum atomic E-state index is 11.0. The zero-order chi connectivity index (χ0) is 13.1. The summed E-state index contributed by atoms with van der Waals surface area (Å²) >= 11 is 0. The highest BCUT2D eigenvalue weighted by Gasteiger charge is 2.21. The van der Waals surface area contributed by atoms with Crippen molar-refractivity contribution in [1.82, 2.24) is 4.98 Å². The van der Waals surface area contributed by atoms with Gasteiger partial charge in [0.15, 0.2) is 0 Å². The van der Waals surface area contributed by atoms with Crippen LogP contribution in [0.3, 0.4) is 0 Å². The van der Waals surface area contributed by atoms with Crippen molar-refractivity contribution in [2.24, 2.45) is 0 Å². The molecule has 0 saturated heterocycles. The van der Waals surface area contributed by atoms with Gasteiger partial charge in [0.25, 0.3) is 0 Å². The van der Waals surface area contributed by atoms with Gasteiger partial charge in [-0.3, -0.25) is 10.1 Å². The van der Waals surface area contributed by atoms with E-state index in [-0.39, 0.29) is 11.5 Å². The molecule has 1 aromatic carbocycles. The van der Waals surface area contributed by atoms with Gasteiger partial charge in [-0.2, -0.15) is 0 Å². The van der Waals surface area contributed by atoms with E-state index in [1.54, 1.807) is 6.07 Å². The van der Waals surface area contributed by atoms with Crippen LogP contribution in [0, 0.1) is 10.1 Å². The molecule has 2 N–H and O–H groups in total. The van der Waals surface area contributed by atoms with Crippen molar-refractivity contribution in [2.45, 2.75) is 0 Å². The first-order chi connectivity index (χ1) is 8.61. The molecule has 18 heavy (non-hydrogen) atoms. The number of hydrogen-bond donors (Lipinski definition) is 1. The van der Waals surface area contributed by atoms with Crippen LogP contribution in [0.1, 0.15) is 11.1 Å². The van der Waals surface area contributed by atoms with Crippen LogP contribution in [-0.4, -0.2) is 9.91 Å². The van der Waals surface area contributed by atoms with Crippen LogP contribution < -0.4 is 5.73 Å². The van der Waals surface area contributed by atoms with E-state index in [9.17, 15) is 10.1 Å². The zero-order valence-corrected chi connectivity index (χ0v) is 9.54. The summed E-state index contributed by atoms with van der Waals surface area (Å²) in [5.41, 5.74) is 7.09. The smallest absolute Gasteiger partial charge is 0.318 e. The van der Waals surface area contributed by atoms with E-state index >= 15 is 0 Å². The molecule has 0 saturated carbocycles. The molecule has 0 fully saturated rings. The van der Waals surface area contributed by atoms with Crippen LogP contribution in [0.4, 0.5) is 11.5 Å². The molecule has 0 aliphatic carbocycles. The second-order valence-corrected chi connectivity index (χ2v) is 3.69. The van der Waals surface area contributed by atoms with Crippen LogP contribution in [0.15, 0.2) is 49.2 Å². The SMILES string of the molecule is C=C(c1ccccc1)c1ccnc(N)c1[N+](=O)[O-]. The minimum absolute atomic E-state index is 0.102. The molecule has 5 nitrogen and oxygen atoms in total. The number of aromatic nitrogens is 1. The van der Waals surface area contributed by atoms with E-state index in [1.165, 1.54) is 6.20 Å². The van der Waals surface area contributed by atoms with Crippen LogP contribution in [0.25, 0.3) is 5.57 Å². The van der Waals surface area contributed by atoms with Crippen molar-refractivity contribution in [3.8, 4) is 0 Å². The van der Waals surface area contributed by atoms with Crippen molar-refractivity contribution in [3.63, 3.8) is 0 Å². The molecule has 0 radical (unpaired) electrons. The van der Waals surface area contributed by atoms with Gasteiger partial charge >= 0.3 is 5.69 Å². The molecule has 0 atom stereocenters. The number of nitrogen functional groups attached to an aromatic ring is 1. The number of nitrogens with zero attached hydrogens (tertiary/aromatic N) is 2. The Bertz CT molecular complexity index is 609. The zero-order valence-electron chi connectivity index (χ0n) is 9.54. The lowest BCUT2D eigenvalue weighted by molar-refractivity contribution is -0.384. The molecule has 1 aromatic heterocycles. The van der Waals surface area contributed by atoms with Gasteiger partial charge in [0.1, 0.15) is 0 Å². The Hall–Kier alpha value is -2.69. The molecule has 1 heterocycles. The number of hydrogen-bond acceptors (Lipinski definition) is 4. The lowest BCUT2D eigenvalue weighted by atomic mass is 9.99. The first-order valence-electron chi connectivity index (χ1n) is 5.25. The Kier molecular flexibility index (Phi) is 3.05. The third-order valence-electron chi connectivity index (χ3n) is 2.58. The minimum Gasteiger partial charge on any atom is -0.378 e. The number of benzene rings is 1. The largest absolute Gasteiger partial charge is 0.378 e. The molecule has 2 aromatic rings. The monoisotopic (exact) mass is 241 g/mol. The Balaban J connectivity index is 2.56. The van der Waals surface area contributed by atoms with E-state index in [2.05, 4.69) is 11.6 Å². The molecule has 0 bridgehead atoms. The Morgan fingerprint density at radius 1 is 1.28 bits per heavy atom. The second kappa shape index (κ2) is 4.67. The van der Waals surface area contributed by atoms with Crippen molar-refractivity contribution in [1.29, 1.82) is 0 Å². The number of nitrogens with two attached hydrogens (primary N) is 1. The van der Waals surface area contributed by atoms with E-state index in [4.69, 9.17) is 5.73 Å². The third kappa shape index (κ3) is 2.06. The molecule has 0 spiro atoms. The fourth-order valence-electron chi connectivity index (χ4n) is 1.70. The number of anilines is 1. The summed E-state index contributed by atoms with van der Waals surface area (Å²) in [6.45, 7) is 3.89. The fourth-order valence-corrected chi connectivity index (χ4v) is 1.70. The standard InChI is InChI=1S/C13H11N3O2/c1-9(10-5-3-2-4-6-10)11-7-8-15-13(14)12(11)16(17)18/h2-8H,1H2,(H2,14,15). The molecule has 0 amide bonds. The van der Waals surface area contributed by atoms with Crippen LogP contribution in [-0.2, 0) is 0 Å². The van der Waals surface area contributed by atoms with Gasteiger partial charge in [0.05, 0.1) is 10.5 Å². The molecular weight excluding hydrogens is 230 g/mol. The highest BCUT2D eigenvalue weighted by molar-refractivity contribution is 5.85. The topological polar surface area (TPSA) is 82.0 Å². The molecule has 0 aliphatic heterocycles. The lowest BCUT2D eigenvalue weighted by Gasteiger charge is -2.07. The average Bonchev–Trinajstić information content (AvgIpc) is 2.38. The molecule has 0 aliphatic rings. The Labute approximate surface area is 104 Å². The normalized spacial score (nSPS) is 10.0. The van der Waals surface area contributed by atoms with Gasteiger partial charge in [-0.05, 0) is 17.2 Å². The molecule has 2 rings (SSSR count). The van der Waals surface area contributed by atoms with Crippen LogP contribution in [0.5, 0.6) is 0 Å². The first-order valence-corrected chi connectivity index (χ1v) is 5.25. The molecule has 0 unspecified atom stereocenters. The fraction of sp³-hybridized carbons (Fsp3) is 0. The quantitative estimate of drug-likeness (QED) is 0.661. The predicted octanol–water partition coefficient (Wildman–Crippen LogP) is 2.63. The van der Waals surface area contributed by atoms with Crippen LogP contribution >= 0.6 is 0 Å². The average molecular weight is 241 g/mol. The highest BCUT2D eigenvalue weighted by atomic mass is 16.6. The summed E-state index contributed by atoms with van der Waals surface area (Å²) in [5, 5.41) is 11.0. The predicted molar refractivity (Wildman–Crippen MR) is 69.9 cm³/mol. The van der Waals surface area contributed by atoms with Crippen LogP contribution in [0.2, 0.25) is 0 Å². The summed E-state index contributed by atoms with van der Waals surface area (Å²) < 4.78 is 0. The van der Waals surface area contributed by atoms with Crippen molar-refractivity contribution in [2.75, 3.05) is 5.73 Å². The third-order valence-corrected chi connectivity index (χ3v) is 2.58. The van der Waals surface area contributed by atoms with Crippen molar-refractivity contribution >= 4 is 17.1 Å². The Morgan fingerprint density at radius 2 is 1.94 bits per heavy atom. The van der Waals surface area contributed by atoms with Gasteiger partial charge in [-0.1, -0.05) is 36.9 Å². The summed E-state index contributed by atoms with van der Waals surface area (Å²) in [7, 11) is 0. The lowest BCUT2D eigenvalue weighted by Crippen LogP contribution is -2.02. The Morgan fingerprint density at radius 3 is 2.56 bits per heavy atom. The van der Waals surface area contributed by atoms with Gasteiger partial charge in [-0.15, -0.1) is 0 Å². The number of rotatable bonds is 3.